The summed E-state index contributed by atoms with van der Waals surface area (Å²) < 4.78 is 17.8. The summed E-state index contributed by atoms with van der Waals surface area (Å²) in [4.78, 5) is 48.3. The molecule has 1 spiro atoms. The lowest BCUT2D eigenvalue weighted by Crippen LogP contribution is -2.58. The smallest absolute Gasteiger partial charge is 0.313 e. The number of amides is 2. The SMILES string of the molecule is C=CCOC(=O)[C@H]1[C@H]2C(=O)N([C@H](CO)c3ccccc3)C(C(=O)N(CC=C)CCN3CCOCC3)C23CC(C)[C@]1(C)O3. The van der Waals surface area contributed by atoms with Crippen LogP contribution in [-0.4, -0.2) is 114 Å². The van der Waals surface area contributed by atoms with E-state index in [-0.39, 0.29) is 30.9 Å². The van der Waals surface area contributed by atoms with E-state index < -0.39 is 47.7 Å². The molecule has 0 aliphatic carbocycles. The van der Waals surface area contributed by atoms with Crippen LogP contribution in [0, 0.1) is 17.8 Å². The Kier molecular flexibility index (Phi) is 8.89. The lowest BCUT2D eigenvalue weighted by atomic mass is 9.62. The van der Waals surface area contributed by atoms with E-state index in [1.807, 2.05) is 44.2 Å². The first-order valence-corrected chi connectivity index (χ1v) is 14.9. The number of esters is 1. The Morgan fingerprint density at radius 2 is 1.93 bits per heavy atom. The third-order valence-electron chi connectivity index (χ3n) is 9.73. The van der Waals surface area contributed by atoms with Crippen LogP contribution in [0.25, 0.3) is 0 Å². The molecule has 42 heavy (non-hydrogen) atoms. The monoisotopic (exact) mass is 581 g/mol. The standard InChI is InChI=1S/C32H43N3O7/c1-5-12-34(14-13-33-15-18-40-19-16-33)29(38)27-32-20-22(3)31(4,42-32)26(30(39)41-17-6-2)25(32)28(37)35(27)24(21-36)23-10-8-7-9-11-23/h5-11,22,24-27,36H,1-2,12-21H2,3-4H3/t22?,24-,25+,26-,27?,31+,32?/m1/s1. The number of ether oxygens (including phenoxy) is 3. The Labute approximate surface area is 247 Å². The van der Waals surface area contributed by atoms with E-state index in [1.54, 1.807) is 11.0 Å². The fourth-order valence-electron chi connectivity index (χ4n) is 7.62. The molecule has 10 heteroatoms. The zero-order valence-electron chi connectivity index (χ0n) is 24.7. The molecule has 1 aromatic carbocycles. The molecule has 4 aliphatic rings. The molecule has 1 N–H and O–H groups in total. The second kappa shape index (κ2) is 12.3. The lowest BCUT2D eigenvalue weighted by molar-refractivity contribution is -0.163. The van der Waals surface area contributed by atoms with Crippen LogP contribution in [-0.2, 0) is 28.6 Å². The minimum atomic E-state index is -1.25. The van der Waals surface area contributed by atoms with E-state index in [0.29, 0.717) is 38.3 Å². The van der Waals surface area contributed by atoms with Gasteiger partial charge in [0.1, 0.15) is 24.2 Å². The lowest BCUT2D eigenvalue weighted by Gasteiger charge is -2.40. The molecule has 0 aromatic heterocycles. The van der Waals surface area contributed by atoms with Crippen molar-refractivity contribution in [2.75, 3.05) is 59.2 Å². The highest BCUT2D eigenvalue weighted by atomic mass is 16.6. The van der Waals surface area contributed by atoms with Crippen molar-refractivity contribution >= 4 is 17.8 Å². The Morgan fingerprint density at radius 3 is 2.57 bits per heavy atom. The number of fused-ring (bicyclic) bond motifs is 1. The summed E-state index contributed by atoms with van der Waals surface area (Å²) in [6.07, 6.45) is 3.60. The molecule has 10 nitrogen and oxygen atoms in total. The van der Waals surface area contributed by atoms with Gasteiger partial charge in [-0.15, -0.1) is 6.58 Å². The molecule has 3 unspecified atom stereocenters. The van der Waals surface area contributed by atoms with Crippen LogP contribution in [0.4, 0.5) is 0 Å². The van der Waals surface area contributed by atoms with E-state index in [4.69, 9.17) is 14.2 Å². The van der Waals surface area contributed by atoms with Crippen LogP contribution < -0.4 is 0 Å². The Morgan fingerprint density at radius 1 is 1.21 bits per heavy atom. The van der Waals surface area contributed by atoms with Crippen molar-refractivity contribution in [3.63, 3.8) is 0 Å². The van der Waals surface area contributed by atoms with Crippen LogP contribution >= 0.6 is 0 Å². The summed E-state index contributed by atoms with van der Waals surface area (Å²) >= 11 is 0. The molecule has 7 atom stereocenters. The van der Waals surface area contributed by atoms with Crippen LogP contribution in [0.2, 0.25) is 0 Å². The van der Waals surface area contributed by atoms with Crippen LogP contribution in [0.5, 0.6) is 0 Å². The highest BCUT2D eigenvalue weighted by molar-refractivity contribution is 5.99. The number of nitrogens with zero attached hydrogens (tertiary/aromatic N) is 3. The summed E-state index contributed by atoms with van der Waals surface area (Å²) in [6.45, 7) is 15.2. The summed E-state index contributed by atoms with van der Waals surface area (Å²) in [5, 5.41) is 10.7. The second-order valence-electron chi connectivity index (χ2n) is 12.0. The van der Waals surface area contributed by atoms with Crippen molar-refractivity contribution in [2.45, 2.75) is 43.6 Å². The highest BCUT2D eigenvalue weighted by Gasteiger charge is 2.80. The van der Waals surface area contributed by atoms with Crippen LogP contribution in [0.15, 0.2) is 55.6 Å². The van der Waals surface area contributed by atoms with Crippen molar-refractivity contribution in [1.29, 1.82) is 0 Å². The summed E-state index contributed by atoms with van der Waals surface area (Å²) in [7, 11) is 0. The van der Waals surface area contributed by atoms with Gasteiger partial charge in [0.15, 0.2) is 0 Å². The van der Waals surface area contributed by atoms with Crippen molar-refractivity contribution in [3.05, 3.63) is 61.2 Å². The van der Waals surface area contributed by atoms with Crippen molar-refractivity contribution in [3.8, 4) is 0 Å². The first-order valence-electron chi connectivity index (χ1n) is 14.9. The number of aliphatic hydroxyl groups excluding tert-OH is 1. The number of hydrogen-bond acceptors (Lipinski definition) is 8. The van der Waals surface area contributed by atoms with Gasteiger partial charge in [-0.2, -0.15) is 0 Å². The molecule has 0 radical (unpaired) electrons. The number of carbonyl (C=O) groups excluding carboxylic acids is 3. The third-order valence-corrected chi connectivity index (χ3v) is 9.73. The normalized spacial score (nSPS) is 32.8. The fraction of sp³-hybridized carbons (Fsp3) is 0.594. The predicted octanol–water partition coefficient (Wildman–Crippen LogP) is 1.81. The van der Waals surface area contributed by atoms with Gasteiger partial charge in [0.2, 0.25) is 11.8 Å². The minimum Gasteiger partial charge on any atom is -0.461 e. The molecule has 2 amide bonds. The van der Waals surface area contributed by atoms with Gasteiger partial charge in [-0.3, -0.25) is 19.3 Å². The zero-order valence-corrected chi connectivity index (χ0v) is 24.7. The maximum atomic E-state index is 14.8. The molecule has 4 heterocycles. The average Bonchev–Trinajstić information content (AvgIpc) is 3.52. The maximum absolute atomic E-state index is 14.8. The van der Waals surface area contributed by atoms with Gasteiger partial charge in [0.25, 0.3) is 0 Å². The van der Waals surface area contributed by atoms with Gasteiger partial charge in [0, 0.05) is 32.7 Å². The number of morpholine rings is 1. The first kappa shape index (κ1) is 30.4. The predicted molar refractivity (Wildman–Crippen MR) is 155 cm³/mol. The number of carbonyl (C=O) groups is 3. The van der Waals surface area contributed by atoms with Crippen LogP contribution in [0.1, 0.15) is 31.9 Å². The molecular formula is C32H43N3O7. The number of hydrogen-bond donors (Lipinski definition) is 1. The molecule has 4 saturated heterocycles. The fourth-order valence-corrected chi connectivity index (χ4v) is 7.62. The topological polar surface area (TPSA) is 109 Å². The Bertz CT molecular complexity index is 1190. The number of rotatable bonds is 12. The zero-order chi connectivity index (χ0) is 30.1. The Balaban J connectivity index is 1.57. The molecule has 4 fully saturated rings. The molecule has 5 rings (SSSR count). The quantitative estimate of drug-likeness (QED) is 0.294. The van der Waals surface area contributed by atoms with Gasteiger partial charge < -0.3 is 29.1 Å². The van der Waals surface area contributed by atoms with Gasteiger partial charge in [-0.05, 0) is 24.8 Å². The van der Waals surface area contributed by atoms with Gasteiger partial charge in [-0.25, -0.2) is 0 Å². The molecular weight excluding hydrogens is 538 g/mol. The molecule has 0 saturated carbocycles. The van der Waals surface area contributed by atoms with Crippen molar-refractivity contribution < 1.29 is 33.7 Å². The molecule has 4 aliphatic heterocycles. The van der Waals surface area contributed by atoms with Gasteiger partial charge in [-0.1, -0.05) is 56.0 Å². The van der Waals surface area contributed by atoms with E-state index in [1.165, 1.54) is 11.0 Å². The van der Waals surface area contributed by atoms with Gasteiger partial charge in [0.05, 0.1) is 37.4 Å². The van der Waals surface area contributed by atoms with Crippen molar-refractivity contribution in [1.82, 2.24) is 14.7 Å². The van der Waals surface area contributed by atoms with Crippen LogP contribution in [0.3, 0.4) is 0 Å². The Hall–Kier alpha value is -3.05. The minimum absolute atomic E-state index is 0.0116. The maximum Gasteiger partial charge on any atom is 0.313 e. The number of aliphatic hydroxyl groups is 1. The van der Waals surface area contributed by atoms with E-state index in [2.05, 4.69) is 18.1 Å². The van der Waals surface area contributed by atoms with E-state index >= 15 is 0 Å². The van der Waals surface area contributed by atoms with E-state index in [0.717, 1.165) is 13.1 Å². The van der Waals surface area contributed by atoms with Gasteiger partial charge >= 0.3 is 5.97 Å². The molecule has 2 bridgehead atoms. The third kappa shape index (κ3) is 4.98. The molecule has 1 aromatic rings. The number of likely N-dealkylation sites (tertiary alicyclic amines) is 1. The van der Waals surface area contributed by atoms with E-state index in [9.17, 15) is 19.5 Å². The average molecular weight is 582 g/mol. The summed E-state index contributed by atoms with van der Waals surface area (Å²) in [6, 6.07) is 7.35. The molecule has 228 valence electrons. The number of benzene rings is 1. The highest BCUT2D eigenvalue weighted by Crippen LogP contribution is 2.66. The largest absolute Gasteiger partial charge is 0.461 e. The van der Waals surface area contributed by atoms with Crippen molar-refractivity contribution in [2.24, 2.45) is 17.8 Å². The second-order valence-corrected chi connectivity index (χ2v) is 12.0. The summed E-state index contributed by atoms with van der Waals surface area (Å²) in [5.74, 6) is -3.13. The summed E-state index contributed by atoms with van der Waals surface area (Å²) in [5.41, 5.74) is -1.53. The first-order chi connectivity index (χ1) is 20.2.